The van der Waals surface area contributed by atoms with Gasteiger partial charge in [-0.15, -0.1) is 4.73 Å². The number of carbonyl (C=O) groups excluding carboxylic acids is 4. The van der Waals surface area contributed by atoms with E-state index in [-0.39, 0.29) is 45.9 Å². The predicted octanol–water partition coefficient (Wildman–Crippen LogP) is -1.16. The van der Waals surface area contributed by atoms with Crippen molar-refractivity contribution in [3.8, 4) is 11.8 Å². The van der Waals surface area contributed by atoms with Gasteiger partial charge in [-0.05, 0) is 6.92 Å². The van der Waals surface area contributed by atoms with E-state index in [1.54, 1.807) is 14.0 Å². The maximum atomic E-state index is 12.7. The number of hydrogen-bond acceptors (Lipinski definition) is 12. The van der Waals surface area contributed by atoms with Crippen LogP contribution < -0.4 is 10.2 Å². The molecule has 1 aromatic rings. The number of methoxy groups -OCH3 is 1. The van der Waals surface area contributed by atoms with Gasteiger partial charge in [0.15, 0.2) is 0 Å². The number of ether oxygens (including phenoxy) is 5. The molecule has 0 unspecified atom stereocenters. The molecular formula is C23H37N3O12. The third-order valence-electron chi connectivity index (χ3n) is 4.64. The van der Waals surface area contributed by atoms with Crippen LogP contribution >= 0.6 is 0 Å². The monoisotopic (exact) mass is 547 g/mol. The van der Waals surface area contributed by atoms with E-state index in [0.29, 0.717) is 37.8 Å². The summed E-state index contributed by atoms with van der Waals surface area (Å²) < 4.78 is 26.2. The second kappa shape index (κ2) is 19.7. The van der Waals surface area contributed by atoms with Crippen molar-refractivity contribution in [3.05, 3.63) is 12.1 Å². The molecule has 0 fully saturated rings. The molecule has 1 heterocycles. The number of nitrogens with zero attached hydrogens (tertiary/aromatic N) is 2. The van der Waals surface area contributed by atoms with Gasteiger partial charge in [-0.25, -0.2) is 4.79 Å². The minimum atomic E-state index is -0.897. The molecule has 0 saturated heterocycles. The zero-order valence-electron chi connectivity index (χ0n) is 21.7. The highest BCUT2D eigenvalue weighted by atomic mass is 16.7. The van der Waals surface area contributed by atoms with E-state index in [0.717, 1.165) is 12.1 Å². The SMILES string of the molecule is CCOC(=O)CNC(=O)CN(CCOCCOCCOCCOC)C(=O)CCC(=O)On1c(O)ccc1O. The van der Waals surface area contributed by atoms with Crippen LogP contribution in [0.15, 0.2) is 12.1 Å². The highest BCUT2D eigenvalue weighted by molar-refractivity contribution is 5.88. The van der Waals surface area contributed by atoms with E-state index in [1.807, 2.05) is 0 Å². The van der Waals surface area contributed by atoms with E-state index < -0.39 is 41.9 Å². The topological polar surface area (TPSA) is 184 Å². The molecule has 0 spiro atoms. The average molecular weight is 548 g/mol. The second-order valence-electron chi connectivity index (χ2n) is 7.53. The lowest BCUT2D eigenvalue weighted by Crippen LogP contribution is -2.43. The molecule has 0 aliphatic heterocycles. The summed E-state index contributed by atoms with van der Waals surface area (Å²) in [4.78, 5) is 54.4. The number of aromatic nitrogens is 1. The molecule has 0 radical (unpaired) electrons. The number of aromatic hydroxyl groups is 2. The van der Waals surface area contributed by atoms with Gasteiger partial charge in [0.05, 0.1) is 65.8 Å². The maximum Gasteiger partial charge on any atom is 0.333 e. The number of esters is 1. The molecule has 0 aromatic carbocycles. The van der Waals surface area contributed by atoms with Crippen LogP contribution in [0.5, 0.6) is 11.8 Å². The molecule has 216 valence electrons. The third-order valence-corrected chi connectivity index (χ3v) is 4.64. The fourth-order valence-electron chi connectivity index (χ4n) is 2.77. The van der Waals surface area contributed by atoms with E-state index in [4.69, 9.17) is 28.5 Å². The quantitative estimate of drug-likeness (QED) is 0.124. The van der Waals surface area contributed by atoms with Gasteiger partial charge in [-0.1, -0.05) is 0 Å². The highest BCUT2D eigenvalue weighted by Gasteiger charge is 2.20. The first-order valence-corrected chi connectivity index (χ1v) is 12.0. The Morgan fingerprint density at radius 1 is 0.868 bits per heavy atom. The van der Waals surface area contributed by atoms with Crippen LogP contribution in [0.25, 0.3) is 0 Å². The Balaban J connectivity index is 2.47. The van der Waals surface area contributed by atoms with Gasteiger partial charge >= 0.3 is 11.9 Å². The van der Waals surface area contributed by atoms with E-state index in [2.05, 4.69) is 5.32 Å². The molecule has 0 aliphatic carbocycles. The molecule has 0 saturated carbocycles. The van der Waals surface area contributed by atoms with Crippen LogP contribution in [0.3, 0.4) is 0 Å². The first-order chi connectivity index (χ1) is 18.3. The Morgan fingerprint density at radius 2 is 1.45 bits per heavy atom. The Labute approximate surface area is 220 Å². The van der Waals surface area contributed by atoms with Crippen LogP contribution in [0.1, 0.15) is 19.8 Å². The van der Waals surface area contributed by atoms with Gasteiger partial charge in [0.2, 0.25) is 23.6 Å². The fourth-order valence-corrected chi connectivity index (χ4v) is 2.77. The van der Waals surface area contributed by atoms with Crippen LogP contribution in [0, 0.1) is 0 Å². The summed E-state index contributed by atoms with van der Waals surface area (Å²) in [5, 5.41) is 21.4. The van der Waals surface area contributed by atoms with Gasteiger partial charge in [-0.2, -0.15) is 0 Å². The molecular weight excluding hydrogens is 510 g/mol. The number of amides is 2. The maximum absolute atomic E-state index is 12.7. The molecule has 15 heteroatoms. The van der Waals surface area contributed by atoms with Crippen molar-refractivity contribution in [3.63, 3.8) is 0 Å². The van der Waals surface area contributed by atoms with E-state index in [9.17, 15) is 29.4 Å². The molecule has 0 atom stereocenters. The van der Waals surface area contributed by atoms with Gasteiger partial charge in [0.25, 0.3) is 0 Å². The summed E-state index contributed by atoms with van der Waals surface area (Å²) in [7, 11) is 1.58. The third kappa shape index (κ3) is 14.4. The number of rotatable bonds is 21. The lowest BCUT2D eigenvalue weighted by Gasteiger charge is -2.22. The Morgan fingerprint density at radius 3 is 2.03 bits per heavy atom. The largest absolute Gasteiger partial charge is 0.492 e. The number of hydrogen-bond donors (Lipinski definition) is 3. The van der Waals surface area contributed by atoms with Crippen LogP contribution in [-0.2, 0) is 42.9 Å². The second-order valence-corrected chi connectivity index (χ2v) is 7.53. The first kappa shape index (κ1) is 32.6. The zero-order valence-corrected chi connectivity index (χ0v) is 21.7. The summed E-state index contributed by atoms with van der Waals surface area (Å²) in [5.41, 5.74) is 0. The molecule has 1 aromatic heterocycles. The number of nitrogens with one attached hydrogen (secondary N) is 1. The van der Waals surface area contributed by atoms with Crippen molar-refractivity contribution in [2.75, 3.05) is 79.6 Å². The van der Waals surface area contributed by atoms with Crippen molar-refractivity contribution < 1.29 is 57.9 Å². The van der Waals surface area contributed by atoms with Crippen molar-refractivity contribution in [2.45, 2.75) is 19.8 Å². The highest BCUT2D eigenvalue weighted by Crippen LogP contribution is 2.18. The summed E-state index contributed by atoms with van der Waals surface area (Å²) in [6.45, 7) is 3.48. The molecule has 0 bridgehead atoms. The van der Waals surface area contributed by atoms with Gasteiger partial charge < -0.3 is 49.0 Å². The van der Waals surface area contributed by atoms with Crippen LogP contribution in [0.4, 0.5) is 0 Å². The van der Waals surface area contributed by atoms with E-state index >= 15 is 0 Å². The van der Waals surface area contributed by atoms with Crippen molar-refractivity contribution >= 4 is 23.8 Å². The minimum Gasteiger partial charge on any atom is -0.492 e. The average Bonchev–Trinajstić information content (AvgIpc) is 3.20. The lowest BCUT2D eigenvalue weighted by molar-refractivity contribution is -0.148. The normalized spacial score (nSPS) is 10.7. The molecule has 1 rings (SSSR count). The zero-order chi connectivity index (χ0) is 28.2. The Hall–Kier alpha value is -3.40. The van der Waals surface area contributed by atoms with Crippen LogP contribution in [0.2, 0.25) is 0 Å². The van der Waals surface area contributed by atoms with Gasteiger partial charge in [0.1, 0.15) is 6.54 Å². The Bertz CT molecular complexity index is 841. The fraction of sp³-hybridized carbons (Fsp3) is 0.652. The van der Waals surface area contributed by atoms with E-state index in [1.165, 1.54) is 4.90 Å². The molecule has 3 N–H and O–H groups in total. The van der Waals surface area contributed by atoms with Gasteiger partial charge in [-0.3, -0.25) is 14.4 Å². The standard InChI is InChI=1S/C23H37N3O12/c1-3-37-23(32)16-24-18(27)17-25(8-9-34-12-13-36-15-14-35-11-10-33-2)19(28)6-7-22(31)38-26-20(29)4-5-21(26)30/h4-5,29-30H,3,6-17H2,1-2H3,(H,24,27). The number of carbonyl (C=O) groups is 4. The molecule has 15 nitrogen and oxygen atoms in total. The summed E-state index contributed by atoms with van der Waals surface area (Å²) >= 11 is 0. The first-order valence-electron chi connectivity index (χ1n) is 12.0. The molecule has 38 heavy (non-hydrogen) atoms. The van der Waals surface area contributed by atoms with Crippen LogP contribution in [-0.4, -0.2) is 123 Å². The summed E-state index contributed by atoms with van der Waals surface area (Å²) in [6.07, 6.45) is -0.711. The summed E-state index contributed by atoms with van der Waals surface area (Å²) in [5.74, 6) is -3.67. The smallest absolute Gasteiger partial charge is 0.333 e. The predicted molar refractivity (Wildman–Crippen MR) is 129 cm³/mol. The van der Waals surface area contributed by atoms with Gasteiger partial charge in [0, 0.05) is 32.2 Å². The van der Waals surface area contributed by atoms with Crippen molar-refractivity contribution in [2.24, 2.45) is 0 Å². The summed E-state index contributed by atoms with van der Waals surface area (Å²) in [6, 6.07) is 2.23. The lowest BCUT2D eigenvalue weighted by atomic mass is 10.2. The van der Waals surface area contributed by atoms with Crippen molar-refractivity contribution in [1.29, 1.82) is 0 Å². The Kier molecular flexibility index (Phi) is 16.9. The van der Waals surface area contributed by atoms with Crippen molar-refractivity contribution in [1.82, 2.24) is 14.9 Å². The molecule has 0 aliphatic rings. The molecule has 2 amide bonds. The minimum absolute atomic E-state index is 0.0278.